The molecular formula is C20H22F4N8O4. The Kier molecular flexibility index (Phi) is 7.52. The molecule has 0 bridgehead atoms. The van der Waals surface area contributed by atoms with E-state index >= 15 is 8.78 Å². The van der Waals surface area contributed by atoms with E-state index in [1.54, 1.807) is 0 Å². The summed E-state index contributed by atoms with van der Waals surface area (Å²) in [5.41, 5.74) is 2.93. The van der Waals surface area contributed by atoms with Crippen LogP contribution in [0, 0.1) is 11.6 Å². The van der Waals surface area contributed by atoms with Gasteiger partial charge in [0.25, 0.3) is 5.91 Å². The molecule has 3 N–H and O–H groups in total. The van der Waals surface area contributed by atoms with Gasteiger partial charge in [-0.05, 0) is 0 Å². The number of aromatic nitrogens is 3. The molecule has 36 heavy (non-hydrogen) atoms. The Morgan fingerprint density at radius 2 is 1.94 bits per heavy atom. The van der Waals surface area contributed by atoms with Crippen LogP contribution in [0.4, 0.5) is 33.7 Å². The van der Waals surface area contributed by atoms with Crippen molar-refractivity contribution in [2.24, 2.45) is 0 Å². The van der Waals surface area contributed by atoms with E-state index in [1.165, 1.54) is 16.1 Å². The van der Waals surface area contributed by atoms with Crippen LogP contribution in [0.2, 0.25) is 0 Å². The highest BCUT2D eigenvalue weighted by Gasteiger charge is 2.34. The standard InChI is InChI=1S/C20H22F4N8O4/c21-14-6-12(31-10-13(36-20(31)35)9-25-19(34)18(23)24)7-15(22)17(14)30-2-1-27-32(4-3-30)16(33)5-11-8-26-29-28-11/h6-8,13,18,27H,1-5,9-10H2,(H,25,34)(H,26,28,29). The van der Waals surface area contributed by atoms with Gasteiger partial charge in [-0.25, -0.2) is 19.0 Å². The third kappa shape index (κ3) is 5.64. The van der Waals surface area contributed by atoms with Crippen LogP contribution in [-0.4, -0.2) is 90.1 Å². The van der Waals surface area contributed by atoms with Crippen molar-refractivity contribution in [3.63, 3.8) is 0 Å². The maximum absolute atomic E-state index is 15.0. The van der Waals surface area contributed by atoms with Crippen LogP contribution < -0.4 is 20.5 Å². The van der Waals surface area contributed by atoms with E-state index in [4.69, 9.17) is 4.74 Å². The first-order valence-corrected chi connectivity index (χ1v) is 10.9. The van der Waals surface area contributed by atoms with Gasteiger partial charge in [0.15, 0.2) is 11.6 Å². The predicted octanol–water partition coefficient (Wildman–Crippen LogP) is 0.185. The van der Waals surface area contributed by atoms with Gasteiger partial charge >= 0.3 is 12.5 Å². The summed E-state index contributed by atoms with van der Waals surface area (Å²) >= 11 is 0. The van der Waals surface area contributed by atoms with Crippen LogP contribution in [0.15, 0.2) is 18.3 Å². The molecule has 2 aromatic rings. The molecule has 4 rings (SSSR count). The number of halogens is 4. The first-order valence-electron chi connectivity index (χ1n) is 10.9. The number of amides is 3. The molecule has 0 spiro atoms. The molecule has 16 heteroatoms. The Hall–Kier alpha value is -3.95. The van der Waals surface area contributed by atoms with Crippen molar-refractivity contribution in [1.82, 2.24) is 31.2 Å². The topological polar surface area (TPSA) is 136 Å². The first-order chi connectivity index (χ1) is 17.2. The fourth-order valence-corrected chi connectivity index (χ4v) is 3.87. The van der Waals surface area contributed by atoms with E-state index in [1.807, 2.05) is 5.32 Å². The van der Waals surface area contributed by atoms with Crippen LogP contribution in [-0.2, 0) is 20.7 Å². The Bertz CT molecular complexity index is 1100. The number of nitrogens with zero attached hydrogens (tertiary/aromatic N) is 5. The van der Waals surface area contributed by atoms with E-state index < -0.39 is 36.2 Å². The second-order valence-electron chi connectivity index (χ2n) is 8.00. The van der Waals surface area contributed by atoms with Gasteiger partial charge in [-0.2, -0.15) is 24.2 Å². The normalized spacial score (nSPS) is 18.4. The lowest BCUT2D eigenvalue weighted by Crippen LogP contribution is -2.44. The summed E-state index contributed by atoms with van der Waals surface area (Å²) in [5, 5.41) is 13.2. The number of aromatic amines is 1. The molecular weight excluding hydrogens is 492 g/mol. The van der Waals surface area contributed by atoms with Crippen LogP contribution >= 0.6 is 0 Å². The highest BCUT2D eigenvalue weighted by atomic mass is 19.3. The van der Waals surface area contributed by atoms with Crippen LogP contribution in [0.3, 0.4) is 0 Å². The largest absolute Gasteiger partial charge is 0.442 e. The zero-order chi connectivity index (χ0) is 25.8. The van der Waals surface area contributed by atoms with Gasteiger partial charge < -0.3 is 15.0 Å². The third-order valence-electron chi connectivity index (χ3n) is 5.58. The first kappa shape index (κ1) is 25.2. The SMILES string of the molecule is O=C(NCC1CN(c2cc(F)c(N3CCNN(C(=O)Cc4cn[nH]n4)CC3)c(F)c2)C(=O)O1)C(F)F. The number of nitrogens with one attached hydrogen (secondary N) is 3. The second kappa shape index (κ2) is 10.8. The molecule has 3 amide bonds. The number of alkyl halides is 2. The van der Waals surface area contributed by atoms with Gasteiger partial charge in [0.05, 0.1) is 43.6 Å². The number of benzene rings is 1. The van der Waals surface area contributed by atoms with E-state index in [0.717, 1.165) is 17.0 Å². The fraction of sp³-hybridized carbons (Fsp3) is 0.450. The summed E-state index contributed by atoms with van der Waals surface area (Å²) in [6.07, 6.45) is -3.70. The lowest BCUT2D eigenvalue weighted by atomic mass is 10.2. The lowest BCUT2D eigenvalue weighted by Gasteiger charge is -2.25. The monoisotopic (exact) mass is 514 g/mol. The minimum absolute atomic E-state index is 0.000333. The second-order valence-corrected chi connectivity index (χ2v) is 8.00. The van der Waals surface area contributed by atoms with Gasteiger partial charge in [-0.3, -0.25) is 19.5 Å². The molecule has 0 aliphatic carbocycles. The molecule has 2 saturated heterocycles. The number of carbonyl (C=O) groups excluding carboxylic acids is 3. The van der Waals surface area contributed by atoms with Crippen molar-refractivity contribution >= 4 is 29.3 Å². The molecule has 1 unspecified atom stereocenters. The lowest BCUT2D eigenvalue weighted by molar-refractivity contribution is -0.133. The molecule has 12 nitrogen and oxygen atoms in total. The van der Waals surface area contributed by atoms with Crippen molar-refractivity contribution in [3.05, 3.63) is 35.7 Å². The van der Waals surface area contributed by atoms with Crippen molar-refractivity contribution < 1.29 is 36.7 Å². The summed E-state index contributed by atoms with van der Waals surface area (Å²) in [6.45, 7) is 0.121. The summed E-state index contributed by atoms with van der Waals surface area (Å²) in [5.74, 6) is -3.67. The molecule has 2 aliphatic rings. The predicted molar refractivity (Wildman–Crippen MR) is 115 cm³/mol. The summed E-state index contributed by atoms with van der Waals surface area (Å²) < 4.78 is 59.7. The van der Waals surface area contributed by atoms with Gasteiger partial charge in [0.2, 0.25) is 5.91 Å². The van der Waals surface area contributed by atoms with Gasteiger partial charge in [0, 0.05) is 31.8 Å². The number of cyclic esters (lactones) is 1. The highest BCUT2D eigenvalue weighted by Crippen LogP contribution is 2.31. The van der Waals surface area contributed by atoms with Gasteiger partial charge in [-0.1, -0.05) is 0 Å². The Labute approximate surface area is 201 Å². The molecule has 194 valence electrons. The van der Waals surface area contributed by atoms with E-state index in [-0.39, 0.29) is 63.0 Å². The third-order valence-corrected chi connectivity index (χ3v) is 5.58. The molecule has 0 saturated carbocycles. The molecule has 1 atom stereocenters. The molecule has 0 radical (unpaired) electrons. The van der Waals surface area contributed by atoms with Crippen molar-refractivity contribution in [2.75, 3.05) is 49.1 Å². The van der Waals surface area contributed by atoms with Gasteiger partial charge in [-0.15, -0.1) is 0 Å². The molecule has 2 aliphatic heterocycles. The van der Waals surface area contributed by atoms with E-state index in [0.29, 0.717) is 5.69 Å². The van der Waals surface area contributed by atoms with Crippen molar-refractivity contribution in [3.8, 4) is 0 Å². The van der Waals surface area contributed by atoms with Crippen LogP contribution in [0.1, 0.15) is 5.69 Å². The minimum Gasteiger partial charge on any atom is -0.442 e. The van der Waals surface area contributed by atoms with Crippen molar-refractivity contribution in [2.45, 2.75) is 19.0 Å². The molecule has 1 aromatic heterocycles. The smallest absolute Gasteiger partial charge is 0.414 e. The number of hydrogen-bond acceptors (Lipinski definition) is 8. The number of ether oxygens (including phenoxy) is 1. The van der Waals surface area contributed by atoms with Crippen molar-refractivity contribution in [1.29, 1.82) is 0 Å². The zero-order valence-corrected chi connectivity index (χ0v) is 18.7. The Balaban J connectivity index is 1.40. The zero-order valence-electron chi connectivity index (χ0n) is 18.7. The number of H-pyrrole nitrogens is 1. The molecule has 2 fully saturated rings. The van der Waals surface area contributed by atoms with Crippen LogP contribution in [0.5, 0.6) is 0 Å². The maximum Gasteiger partial charge on any atom is 0.414 e. The number of hydrogen-bond donors (Lipinski definition) is 3. The Morgan fingerprint density at radius 3 is 2.61 bits per heavy atom. The quantitative estimate of drug-likeness (QED) is 0.446. The summed E-state index contributed by atoms with van der Waals surface area (Å²) in [7, 11) is 0. The summed E-state index contributed by atoms with van der Waals surface area (Å²) in [6, 6.07) is 1.93. The van der Waals surface area contributed by atoms with E-state index in [9.17, 15) is 23.2 Å². The summed E-state index contributed by atoms with van der Waals surface area (Å²) in [4.78, 5) is 38.0. The molecule has 1 aromatic carbocycles. The van der Waals surface area contributed by atoms with E-state index in [2.05, 4.69) is 20.8 Å². The number of carbonyl (C=O) groups is 3. The Morgan fingerprint density at radius 1 is 1.19 bits per heavy atom. The minimum atomic E-state index is -3.22. The average Bonchev–Trinajstić information content (AvgIpc) is 3.40. The highest BCUT2D eigenvalue weighted by molar-refractivity contribution is 5.90. The number of anilines is 2. The molecule has 3 heterocycles. The number of hydrazine groups is 1. The average molecular weight is 514 g/mol. The maximum atomic E-state index is 15.0. The number of rotatable bonds is 7. The van der Waals surface area contributed by atoms with Crippen LogP contribution in [0.25, 0.3) is 0 Å². The van der Waals surface area contributed by atoms with Gasteiger partial charge in [0.1, 0.15) is 11.8 Å². The fourth-order valence-electron chi connectivity index (χ4n) is 3.87.